The van der Waals surface area contributed by atoms with Crippen LogP contribution in [0, 0.1) is 0 Å². The Morgan fingerprint density at radius 3 is 2.52 bits per heavy atom. The van der Waals surface area contributed by atoms with Gasteiger partial charge in [0.1, 0.15) is 29.9 Å². The monoisotopic (exact) mass is 426 g/mol. The minimum atomic E-state index is -0.836. The number of amides is 4. The molecule has 0 aliphatic rings. The van der Waals surface area contributed by atoms with Gasteiger partial charge in [0.25, 0.3) is 0 Å². The Hall–Kier alpha value is -4.21. The molecule has 0 aliphatic carbocycles. The largest absolute Gasteiger partial charge is 0.486 e. The van der Waals surface area contributed by atoms with Gasteiger partial charge in [-0.3, -0.25) is 15.0 Å². The molecule has 0 spiro atoms. The Morgan fingerprint density at radius 1 is 0.968 bits per heavy atom. The first-order valence-electron chi connectivity index (χ1n) is 9.45. The first-order chi connectivity index (χ1) is 15.0. The van der Waals surface area contributed by atoms with Gasteiger partial charge in [0, 0.05) is 0 Å². The second-order valence-corrected chi connectivity index (χ2v) is 6.44. The molecule has 162 valence electrons. The lowest BCUT2D eigenvalue weighted by atomic mass is 10.3. The van der Waals surface area contributed by atoms with E-state index < -0.39 is 23.9 Å². The predicted octanol–water partition coefficient (Wildman–Crippen LogP) is 2.10. The molecule has 10 nitrogen and oxygen atoms in total. The number of furan rings is 2. The lowest BCUT2D eigenvalue weighted by Gasteiger charge is -2.14. The highest BCUT2D eigenvalue weighted by atomic mass is 16.5. The summed E-state index contributed by atoms with van der Waals surface area (Å²) in [5.41, 5.74) is 4.37. The fourth-order valence-corrected chi connectivity index (χ4v) is 2.46. The molecule has 0 saturated carbocycles. The van der Waals surface area contributed by atoms with E-state index in [-0.39, 0.29) is 18.9 Å². The van der Waals surface area contributed by atoms with Crippen molar-refractivity contribution in [2.75, 3.05) is 0 Å². The maximum atomic E-state index is 12.1. The minimum absolute atomic E-state index is 0.00352. The third-order valence-electron chi connectivity index (χ3n) is 4.06. The molecule has 1 unspecified atom stereocenters. The van der Waals surface area contributed by atoms with Gasteiger partial charge in [-0.1, -0.05) is 18.2 Å². The van der Waals surface area contributed by atoms with E-state index in [1.54, 1.807) is 30.3 Å². The Bertz CT molecular complexity index is 1000. The van der Waals surface area contributed by atoms with Gasteiger partial charge in [-0.2, -0.15) is 0 Å². The Kier molecular flexibility index (Phi) is 7.30. The van der Waals surface area contributed by atoms with E-state index in [1.807, 2.05) is 18.2 Å². The van der Waals surface area contributed by atoms with E-state index in [0.29, 0.717) is 17.3 Å². The molecular formula is C21H22N4O6. The number of urea groups is 1. The highest BCUT2D eigenvalue weighted by molar-refractivity contribution is 5.93. The smallest absolute Gasteiger partial charge is 0.334 e. The molecule has 0 radical (unpaired) electrons. The lowest BCUT2D eigenvalue weighted by molar-refractivity contribution is -0.122. The number of nitrogens with one attached hydrogen (secondary N) is 4. The third-order valence-corrected chi connectivity index (χ3v) is 4.06. The summed E-state index contributed by atoms with van der Waals surface area (Å²) in [6.07, 6.45) is 1.50. The van der Waals surface area contributed by atoms with Crippen molar-refractivity contribution in [2.24, 2.45) is 0 Å². The van der Waals surface area contributed by atoms with E-state index in [1.165, 1.54) is 19.3 Å². The summed E-state index contributed by atoms with van der Waals surface area (Å²) in [4.78, 5) is 36.0. The molecule has 10 heteroatoms. The van der Waals surface area contributed by atoms with Gasteiger partial charge in [0.15, 0.2) is 5.76 Å². The molecule has 0 aliphatic heterocycles. The second-order valence-electron chi connectivity index (χ2n) is 6.44. The van der Waals surface area contributed by atoms with Crippen LogP contribution in [0.1, 0.15) is 29.0 Å². The van der Waals surface area contributed by atoms with E-state index >= 15 is 0 Å². The lowest BCUT2D eigenvalue weighted by Crippen LogP contribution is -2.52. The average Bonchev–Trinajstić information content (AvgIpc) is 3.47. The molecule has 0 fully saturated rings. The van der Waals surface area contributed by atoms with Gasteiger partial charge in [-0.25, -0.2) is 10.2 Å². The number of carbonyl (C=O) groups excluding carboxylic acids is 3. The summed E-state index contributed by atoms with van der Waals surface area (Å²) in [7, 11) is 0. The van der Waals surface area contributed by atoms with Crippen LogP contribution in [0.15, 0.2) is 69.7 Å². The van der Waals surface area contributed by atoms with E-state index in [2.05, 4.69) is 21.5 Å². The number of para-hydroxylation sites is 1. The molecule has 3 rings (SSSR count). The summed E-state index contributed by atoms with van der Waals surface area (Å²) in [5, 5.41) is 5.02. The average molecular weight is 426 g/mol. The van der Waals surface area contributed by atoms with Crippen LogP contribution in [0.3, 0.4) is 0 Å². The van der Waals surface area contributed by atoms with Crippen molar-refractivity contribution < 1.29 is 28.0 Å². The summed E-state index contributed by atoms with van der Waals surface area (Å²) >= 11 is 0. The number of rotatable bonds is 8. The van der Waals surface area contributed by atoms with E-state index in [0.717, 1.165) is 0 Å². The van der Waals surface area contributed by atoms with Gasteiger partial charge in [0.2, 0.25) is 5.91 Å². The van der Waals surface area contributed by atoms with Gasteiger partial charge in [-0.15, -0.1) is 0 Å². The highest BCUT2D eigenvalue weighted by Gasteiger charge is 2.17. The molecule has 0 bridgehead atoms. The summed E-state index contributed by atoms with van der Waals surface area (Å²) in [5.74, 6) is 0.634. The number of carbonyl (C=O) groups is 3. The zero-order valence-electron chi connectivity index (χ0n) is 16.7. The number of hydrazine groups is 1. The fraction of sp³-hybridized carbons (Fsp3) is 0.190. The maximum absolute atomic E-state index is 12.1. The Labute approximate surface area is 177 Å². The van der Waals surface area contributed by atoms with Crippen LogP contribution in [0.4, 0.5) is 4.79 Å². The number of benzene rings is 1. The van der Waals surface area contributed by atoms with Crippen LogP contribution >= 0.6 is 0 Å². The Morgan fingerprint density at radius 2 is 1.77 bits per heavy atom. The molecule has 4 N–H and O–H groups in total. The molecule has 1 atom stereocenters. The van der Waals surface area contributed by atoms with Crippen molar-refractivity contribution in [1.29, 1.82) is 0 Å². The SMILES string of the molecule is CC(NC(=O)NNC(=O)c1ccc(COc2ccccc2)o1)C(=O)NCc1ccco1. The molecule has 4 amide bonds. The van der Waals surface area contributed by atoms with Crippen molar-refractivity contribution in [3.63, 3.8) is 0 Å². The zero-order valence-corrected chi connectivity index (χ0v) is 16.7. The van der Waals surface area contributed by atoms with Crippen LogP contribution in [0.5, 0.6) is 5.75 Å². The fourth-order valence-electron chi connectivity index (χ4n) is 2.46. The number of hydrogen-bond donors (Lipinski definition) is 4. The maximum Gasteiger partial charge on any atom is 0.334 e. The summed E-state index contributed by atoms with van der Waals surface area (Å²) in [6.45, 7) is 1.85. The minimum Gasteiger partial charge on any atom is -0.486 e. The van der Waals surface area contributed by atoms with Gasteiger partial charge >= 0.3 is 11.9 Å². The predicted molar refractivity (Wildman–Crippen MR) is 109 cm³/mol. The topological polar surface area (TPSA) is 135 Å². The van der Waals surface area contributed by atoms with E-state index in [4.69, 9.17) is 13.6 Å². The standard InChI is InChI=1S/C21H22N4O6/c1-14(19(26)22-12-16-8-5-11-29-16)23-21(28)25-24-20(27)18-10-9-17(31-18)13-30-15-6-3-2-4-7-15/h2-11,14H,12-13H2,1H3,(H,22,26)(H,24,27)(H2,23,25,28). The summed E-state index contributed by atoms with van der Waals surface area (Å²) in [6, 6.07) is 14.1. The molecule has 3 aromatic rings. The molecule has 2 heterocycles. The van der Waals surface area contributed by atoms with Crippen molar-refractivity contribution in [1.82, 2.24) is 21.5 Å². The third kappa shape index (κ3) is 6.67. The molecule has 31 heavy (non-hydrogen) atoms. The highest BCUT2D eigenvalue weighted by Crippen LogP contribution is 2.13. The van der Waals surface area contributed by atoms with Gasteiger partial charge in [0.05, 0.1) is 12.8 Å². The normalized spacial score (nSPS) is 11.3. The first kappa shape index (κ1) is 21.5. The second kappa shape index (κ2) is 10.5. The van der Waals surface area contributed by atoms with Crippen molar-refractivity contribution in [3.8, 4) is 5.75 Å². The van der Waals surface area contributed by atoms with Crippen molar-refractivity contribution in [2.45, 2.75) is 26.1 Å². The van der Waals surface area contributed by atoms with Crippen molar-refractivity contribution >= 4 is 17.8 Å². The molecular weight excluding hydrogens is 404 g/mol. The van der Waals surface area contributed by atoms with Crippen LogP contribution in [-0.4, -0.2) is 23.9 Å². The molecule has 2 aromatic heterocycles. The quantitative estimate of drug-likeness (QED) is 0.408. The van der Waals surface area contributed by atoms with Crippen LogP contribution < -0.4 is 26.2 Å². The molecule has 1 aromatic carbocycles. The van der Waals surface area contributed by atoms with Crippen LogP contribution in [-0.2, 0) is 17.9 Å². The van der Waals surface area contributed by atoms with Gasteiger partial charge in [-0.05, 0) is 43.3 Å². The van der Waals surface area contributed by atoms with Crippen LogP contribution in [0.2, 0.25) is 0 Å². The summed E-state index contributed by atoms with van der Waals surface area (Å²) < 4.78 is 16.1. The van der Waals surface area contributed by atoms with E-state index in [9.17, 15) is 14.4 Å². The van der Waals surface area contributed by atoms with Crippen LogP contribution in [0.25, 0.3) is 0 Å². The number of ether oxygens (including phenoxy) is 1. The van der Waals surface area contributed by atoms with Gasteiger partial charge < -0.3 is 24.2 Å². The number of hydrogen-bond acceptors (Lipinski definition) is 6. The molecule has 0 saturated heterocycles. The zero-order chi connectivity index (χ0) is 22.1. The van der Waals surface area contributed by atoms with Crippen molar-refractivity contribution in [3.05, 3.63) is 78.1 Å². The Balaban J connectivity index is 1.38. The first-order valence-corrected chi connectivity index (χ1v) is 9.45.